The number of esters is 2. The van der Waals surface area contributed by atoms with Gasteiger partial charge in [-0.15, -0.1) is 0 Å². The zero-order valence-corrected chi connectivity index (χ0v) is 30.2. The zero-order valence-electron chi connectivity index (χ0n) is 28.2. The molecular formula is C31H45N7O9S2. The smallest absolute Gasteiger partial charge is 0.410 e. The lowest BCUT2D eigenvalue weighted by atomic mass is 10.1. The van der Waals surface area contributed by atoms with Crippen LogP contribution in [0, 0.1) is 5.92 Å². The number of methoxy groups -OCH3 is 1. The van der Waals surface area contributed by atoms with Crippen molar-refractivity contribution in [2.75, 3.05) is 25.7 Å². The SMILES string of the molecule is CC(C)(C)OC(=O)N1CCC[C@H]1c1nn2ccc(C(N)=O)c2c(=O)[nH]1.CCOC(=O)c1c(C(=O)OC)ccn1NC(=O)C1CCCC1.S.S. The number of hydrogen-bond acceptors (Lipinski definition) is 10. The standard InChI is InChI=1S/C16H21N5O4.C15H20N2O5.2H2S/c1-16(2,3)25-15(24)20-7-4-5-10(20)13-18-14(23)11-9(12(17)22)6-8-21(11)19-13;1-3-22-15(20)12-11(14(19)21-2)8-9-17(12)16-13(18)10-6-4-5-7-10;;/h6,8,10H,4-5,7H2,1-3H3,(H2,17,22)(H,18,19,23);8-10H,3-7H2,1-2H3,(H,16,18);2*1H2/t10-;;;/m0.../s1. The summed E-state index contributed by atoms with van der Waals surface area (Å²) in [6.45, 7) is 7.76. The average Bonchev–Trinajstić information content (AvgIpc) is 3.82. The summed E-state index contributed by atoms with van der Waals surface area (Å²) in [5.41, 5.74) is 7.09. The summed E-state index contributed by atoms with van der Waals surface area (Å²) in [4.78, 5) is 76.4. The Morgan fingerprint density at radius 1 is 1.00 bits per heavy atom. The number of hydrogen-bond donors (Lipinski definition) is 3. The van der Waals surface area contributed by atoms with Gasteiger partial charge in [-0.25, -0.2) is 18.9 Å². The first-order valence-corrected chi connectivity index (χ1v) is 15.4. The van der Waals surface area contributed by atoms with Crippen molar-refractivity contribution in [3.05, 3.63) is 57.5 Å². The van der Waals surface area contributed by atoms with Crippen molar-refractivity contribution in [3.63, 3.8) is 0 Å². The van der Waals surface area contributed by atoms with Crippen LogP contribution in [0.5, 0.6) is 0 Å². The van der Waals surface area contributed by atoms with Crippen LogP contribution in [0.1, 0.15) is 109 Å². The lowest BCUT2D eigenvalue weighted by Gasteiger charge is -2.28. The minimum atomic E-state index is -0.696. The molecule has 1 aliphatic heterocycles. The van der Waals surface area contributed by atoms with E-state index in [-0.39, 0.29) is 73.8 Å². The van der Waals surface area contributed by atoms with E-state index in [0.717, 1.165) is 32.1 Å². The Morgan fingerprint density at radius 3 is 2.24 bits per heavy atom. The maximum atomic E-state index is 12.4. The van der Waals surface area contributed by atoms with Gasteiger partial charge < -0.3 is 24.9 Å². The molecule has 2 aliphatic rings. The average molecular weight is 724 g/mol. The number of nitrogens with one attached hydrogen (secondary N) is 2. The fourth-order valence-electron chi connectivity index (χ4n) is 5.59. The number of primary amides is 1. The van der Waals surface area contributed by atoms with E-state index >= 15 is 0 Å². The number of ether oxygens (including phenoxy) is 3. The Balaban J connectivity index is 0.000000329. The Bertz CT molecular complexity index is 1720. The third-order valence-corrected chi connectivity index (χ3v) is 7.72. The normalized spacial score (nSPS) is 15.7. The Kier molecular flexibility index (Phi) is 14.4. The topological polar surface area (TPSA) is 209 Å². The van der Waals surface area contributed by atoms with Crippen molar-refractivity contribution in [1.82, 2.24) is 24.2 Å². The molecule has 3 aromatic heterocycles. The van der Waals surface area contributed by atoms with Gasteiger partial charge in [0.25, 0.3) is 11.5 Å². The van der Waals surface area contributed by atoms with Crippen molar-refractivity contribution in [3.8, 4) is 0 Å². The number of nitrogens with two attached hydrogens (primary N) is 1. The van der Waals surface area contributed by atoms with Crippen LogP contribution < -0.4 is 16.7 Å². The highest BCUT2D eigenvalue weighted by molar-refractivity contribution is 7.59. The third-order valence-electron chi connectivity index (χ3n) is 7.72. The minimum Gasteiger partial charge on any atom is -0.465 e. The molecule has 1 saturated carbocycles. The maximum absolute atomic E-state index is 12.4. The number of carbonyl (C=O) groups is 5. The third kappa shape index (κ3) is 9.59. The van der Waals surface area contributed by atoms with Gasteiger partial charge >= 0.3 is 18.0 Å². The summed E-state index contributed by atoms with van der Waals surface area (Å²) >= 11 is 0. The largest absolute Gasteiger partial charge is 0.465 e. The van der Waals surface area contributed by atoms with Crippen molar-refractivity contribution >= 4 is 62.4 Å². The molecule has 4 heterocycles. The molecule has 3 aromatic rings. The first-order chi connectivity index (χ1) is 22.2. The predicted molar refractivity (Wildman–Crippen MR) is 188 cm³/mol. The number of aromatic amines is 1. The van der Waals surface area contributed by atoms with E-state index in [1.165, 1.54) is 40.8 Å². The quantitative estimate of drug-likeness (QED) is 0.240. The second-order valence-corrected chi connectivity index (χ2v) is 12.2. The van der Waals surface area contributed by atoms with Crippen LogP contribution in [-0.4, -0.2) is 79.9 Å². The summed E-state index contributed by atoms with van der Waals surface area (Å²) in [6, 6.07) is 2.49. The molecule has 3 amide bonds. The Morgan fingerprint density at radius 2 is 1.65 bits per heavy atom. The second-order valence-electron chi connectivity index (χ2n) is 12.2. The molecule has 5 rings (SSSR count). The van der Waals surface area contributed by atoms with Gasteiger partial charge in [0.1, 0.15) is 11.1 Å². The predicted octanol–water partition coefficient (Wildman–Crippen LogP) is 3.13. The summed E-state index contributed by atoms with van der Waals surface area (Å²) in [7, 11) is 1.23. The lowest BCUT2D eigenvalue weighted by Crippen LogP contribution is -2.37. The number of H-pyrrole nitrogens is 1. The van der Waals surface area contributed by atoms with Crippen LogP contribution in [0.25, 0.3) is 5.52 Å². The van der Waals surface area contributed by atoms with Crippen molar-refractivity contribution in [2.24, 2.45) is 11.7 Å². The molecule has 1 aliphatic carbocycles. The van der Waals surface area contributed by atoms with E-state index in [1.807, 2.05) is 0 Å². The van der Waals surface area contributed by atoms with Gasteiger partial charge in [0.05, 0.1) is 30.9 Å². The highest BCUT2D eigenvalue weighted by Gasteiger charge is 2.35. The zero-order chi connectivity index (χ0) is 34.5. The molecule has 2 fully saturated rings. The molecule has 1 atom stereocenters. The van der Waals surface area contributed by atoms with Gasteiger partial charge in [-0.3, -0.25) is 29.4 Å². The van der Waals surface area contributed by atoms with E-state index in [9.17, 15) is 28.8 Å². The summed E-state index contributed by atoms with van der Waals surface area (Å²) in [5, 5.41) is 4.35. The van der Waals surface area contributed by atoms with Crippen LogP contribution in [0.15, 0.2) is 29.3 Å². The molecule has 1 saturated heterocycles. The van der Waals surface area contributed by atoms with Crippen LogP contribution in [0.4, 0.5) is 4.79 Å². The van der Waals surface area contributed by atoms with Crippen molar-refractivity contribution < 1.29 is 38.2 Å². The van der Waals surface area contributed by atoms with Gasteiger partial charge in [0.15, 0.2) is 11.5 Å². The maximum Gasteiger partial charge on any atom is 0.410 e. The minimum absolute atomic E-state index is 0. The second kappa shape index (κ2) is 17.3. The number of likely N-dealkylation sites (tertiary alicyclic amines) is 1. The summed E-state index contributed by atoms with van der Waals surface area (Å²) in [5.74, 6) is -1.89. The number of nitrogens with zero attached hydrogens (tertiary/aromatic N) is 4. The molecule has 270 valence electrons. The number of fused-ring (bicyclic) bond motifs is 1. The van der Waals surface area contributed by atoms with E-state index in [1.54, 1.807) is 32.6 Å². The van der Waals surface area contributed by atoms with E-state index < -0.39 is 35.1 Å². The van der Waals surface area contributed by atoms with Gasteiger partial charge in [-0.2, -0.15) is 32.1 Å². The highest BCUT2D eigenvalue weighted by atomic mass is 32.1. The molecule has 49 heavy (non-hydrogen) atoms. The Labute approximate surface area is 296 Å². The lowest BCUT2D eigenvalue weighted by molar-refractivity contribution is -0.120. The molecule has 4 N–H and O–H groups in total. The molecule has 0 spiro atoms. The number of carbonyl (C=O) groups excluding carboxylic acids is 5. The first-order valence-electron chi connectivity index (χ1n) is 15.4. The molecular weight excluding hydrogens is 679 g/mol. The number of rotatable bonds is 7. The van der Waals surface area contributed by atoms with E-state index in [0.29, 0.717) is 18.8 Å². The number of amides is 3. The molecule has 0 aromatic carbocycles. The van der Waals surface area contributed by atoms with Crippen LogP contribution in [-0.2, 0) is 19.0 Å². The molecule has 18 heteroatoms. The first kappa shape index (κ1) is 40.7. The fraction of sp³-hybridized carbons (Fsp3) is 0.516. The fourth-order valence-corrected chi connectivity index (χ4v) is 5.59. The van der Waals surface area contributed by atoms with Crippen LogP contribution >= 0.6 is 27.0 Å². The molecule has 0 radical (unpaired) electrons. The molecule has 16 nitrogen and oxygen atoms in total. The van der Waals surface area contributed by atoms with E-state index in [4.69, 9.17) is 15.2 Å². The molecule has 0 unspecified atom stereocenters. The van der Waals surface area contributed by atoms with Gasteiger partial charge in [-0.05, 0) is 65.5 Å². The van der Waals surface area contributed by atoms with Crippen molar-refractivity contribution in [1.29, 1.82) is 0 Å². The number of aromatic nitrogens is 4. The van der Waals surface area contributed by atoms with E-state index in [2.05, 4.69) is 20.2 Å². The molecule has 0 bridgehead atoms. The van der Waals surface area contributed by atoms with Crippen molar-refractivity contribution in [2.45, 2.75) is 77.9 Å². The van der Waals surface area contributed by atoms with Gasteiger partial charge in [-0.1, -0.05) is 12.8 Å². The van der Waals surface area contributed by atoms with Crippen LogP contribution in [0.2, 0.25) is 0 Å². The Hall–Kier alpha value is -4.45. The van der Waals surface area contributed by atoms with Crippen LogP contribution in [0.3, 0.4) is 0 Å². The monoisotopic (exact) mass is 723 g/mol. The van der Waals surface area contributed by atoms with Gasteiger partial charge in [0.2, 0.25) is 5.91 Å². The summed E-state index contributed by atoms with van der Waals surface area (Å²) < 4.78 is 17.6. The highest BCUT2D eigenvalue weighted by Crippen LogP contribution is 2.31. The summed E-state index contributed by atoms with van der Waals surface area (Å²) in [6.07, 6.45) is 7.69. The van der Waals surface area contributed by atoms with Gasteiger partial charge in [0, 0.05) is 24.9 Å².